The van der Waals surface area contributed by atoms with Crippen molar-refractivity contribution in [1.82, 2.24) is 5.32 Å². The number of carbonyl (C=O) groups excluding carboxylic acids is 1. The summed E-state index contributed by atoms with van der Waals surface area (Å²) >= 11 is 6.07. The van der Waals surface area contributed by atoms with Crippen molar-refractivity contribution in [2.24, 2.45) is 17.8 Å². The van der Waals surface area contributed by atoms with Crippen LogP contribution in [0.4, 0.5) is 5.69 Å². The SMILES string of the molecule is Cc1ccc(NC(=O)/C(C#N)=C\NC(C)C2CC3CCC2C3)cc1Cl. The van der Waals surface area contributed by atoms with Crippen molar-refractivity contribution >= 4 is 23.2 Å². The third-order valence-electron chi connectivity index (χ3n) is 5.72. The van der Waals surface area contributed by atoms with Crippen LogP contribution in [0, 0.1) is 36.0 Å². The molecule has 4 atom stereocenters. The van der Waals surface area contributed by atoms with Crippen LogP contribution in [0.2, 0.25) is 5.02 Å². The summed E-state index contributed by atoms with van der Waals surface area (Å²) in [7, 11) is 0. The maximum absolute atomic E-state index is 12.3. The monoisotopic (exact) mass is 357 g/mol. The van der Waals surface area contributed by atoms with Gasteiger partial charge in [0.15, 0.2) is 0 Å². The number of aryl methyl sites for hydroxylation is 1. The lowest BCUT2D eigenvalue weighted by molar-refractivity contribution is -0.112. The fourth-order valence-electron chi connectivity index (χ4n) is 4.26. The fraction of sp³-hybridized carbons (Fsp3) is 0.500. The van der Waals surface area contributed by atoms with Gasteiger partial charge < -0.3 is 10.6 Å². The summed E-state index contributed by atoms with van der Waals surface area (Å²) in [6.07, 6.45) is 6.87. The molecule has 2 fully saturated rings. The molecule has 0 saturated heterocycles. The summed E-state index contributed by atoms with van der Waals surface area (Å²) in [6, 6.07) is 7.56. The van der Waals surface area contributed by atoms with E-state index in [0.717, 1.165) is 17.4 Å². The second-order valence-corrected chi connectivity index (χ2v) is 7.79. The zero-order valence-corrected chi connectivity index (χ0v) is 15.4. The van der Waals surface area contributed by atoms with Gasteiger partial charge in [0.25, 0.3) is 5.91 Å². The van der Waals surface area contributed by atoms with Gasteiger partial charge in [-0.3, -0.25) is 4.79 Å². The van der Waals surface area contributed by atoms with E-state index in [-0.39, 0.29) is 11.6 Å². The van der Waals surface area contributed by atoms with E-state index >= 15 is 0 Å². The molecule has 0 spiro atoms. The van der Waals surface area contributed by atoms with Crippen molar-refractivity contribution in [2.75, 3.05) is 5.32 Å². The molecular weight excluding hydrogens is 334 g/mol. The summed E-state index contributed by atoms with van der Waals surface area (Å²) in [5.74, 6) is 1.91. The lowest BCUT2D eigenvalue weighted by atomic mass is 9.84. The molecule has 0 aliphatic heterocycles. The van der Waals surface area contributed by atoms with Crippen LogP contribution in [0.1, 0.15) is 38.2 Å². The van der Waals surface area contributed by atoms with Gasteiger partial charge in [-0.25, -0.2) is 0 Å². The van der Waals surface area contributed by atoms with Gasteiger partial charge >= 0.3 is 0 Å². The average Bonchev–Trinajstić information content (AvgIpc) is 3.22. The van der Waals surface area contributed by atoms with Crippen molar-refractivity contribution in [3.63, 3.8) is 0 Å². The van der Waals surface area contributed by atoms with Crippen LogP contribution in [0.5, 0.6) is 0 Å². The summed E-state index contributed by atoms with van der Waals surface area (Å²) in [4.78, 5) is 12.3. The highest BCUT2D eigenvalue weighted by Crippen LogP contribution is 2.49. The Morgan fingerprint density at radius 2 is 2.20 bits per heavy atom. The molecule has 1 aromatic rings. The van der Waals surface area contributed by atoms with Gasteiger partial charge in [-0.05, 0) is 68.6 Å². The standard InChI is InChI=1S/C20H24ClN3O/c1-12-3-6-17(9-19(12)21)24-20(25)16(10-22)11-23-13(2)18-8-14-4-5-15(18)7-14/h3,6,9,11,13-15,18,23H,4-5,7-8H2,1-2H3,(H,24,25)/b16-11-. The highest BCUT2D eigenvalue weighted by Gasteiger charge is 2.41. The minimum absolute atomic E-state index is 0.0757. The van der Waals surface area contributed by atoms with Gasteiger partial charge in [0.05, 0.1) is 0 Å². The van der Waals surface area contributed by atoms with Gasteiger partial charge in [-0.1, -0.05) is 24.1 Å². The minimum Gasteiger partial charge on any atom is -0.387 e. The summed E-state index contributed by atoms with van der Waals surface area (Å²) < 4.78 is 0. The smallest absolute Gasteiger partial charge is 0.267 e. The van der Waals surface area contributed by atoms with E-state index in [0.29, 0.717) is 16.6 Å². The van der Waals surface area contributed by atoms with Crippen molar-refractivity contribution in [2.45, 2.75) is 45.6 Å². The molecular formula is C20H24ClN3O. The largest absolute Gasteiger partial charge is 0.387 e. The average molecular weight is 358 g/mol. The van der Waals surface area contributed by atoms with Crippen LogP contribution in [-0.2, 0) is 4.79 Å². The highest BCUT2D eigenvalue weighted by atomic mass is 35.5. The number of anilines is 1. The van der Waals surface area contributed by atoms with Crippen LogP contribution in [0.15, 0.2) is 30.0 Å². The van der Waals surface area contributed by atoms with Crippen LogP contribution in [0.3, 0.4) is 0 Å². The Labute approximate surface area is 154 Å². The van der Waals surface area contributed by atoms with E-state index in [2.05, 4.69) is 17.6 Å². The summed E-state index contributed by atoms with van der Waals surface area (Å²) in [5.41, 5.74) is 1.60. The fourth-order valence-corrected chi connectivity index (χ4v) is 4.44. The van der Waals surface area contributed by atoms with Crippen LogP contribution in [0.25, 0.3) is 0 Å². The summed E-state index contributed by atoms with van der Waals surface area (Å²) in [5, 5.41) is 15.9. The van der Waals surface area contributed by atoms with E-state index in [1.165, 1.54) is 25.7 Å². The van der Waals surface area contributed by atoms with Crippen molar-refractivity contribution < 1.29 is 4.79 Å². The number of hydrogen-bond donors (Lipinski definition) is 2. The van der Waals surface area contributed by atoms with Crippen LogP contribution < -0.4 is 10.6 Å². The van der Waals surface area contributed by atoms with E-state index in [1.54, 1.807) is 18.3 Å². The Hall–Kier alpha value is -1.99. The Morgan fingerprint density at radius 1 is 1.40 bits per heavy atom. The van der Waals surface area contributed by atoms with Gasteiger partial charge in [0, 0.05) is 23.0 Å². The normalized spacial score (nSPS) is 26.2. The predicted molar refractivity (Wildman–Crippen MR) is 100 cm³/mol. The molecule has 4 nitrogen and oxygen atoms in total. The Balaban J connectivity index is 1.60. The predicted octanol–water partition coefficient (Wildman–Crippen LogP) is 4.41. The zero-order chi connectivity index (χ0) is 18.0. The third kappa shape index (κ3) is 3.99. The van der Waals surface area contributed by atoms with E-state index in [1.807, 2.05) is 19.1 Å². The number of fused-ring (bicyclic) bond motifs is 2. The number of rotatable bonds is 5. The molecule has 3 rings (SSSR count). The molecule has 5 heteroatoms. The summed E-state index contributed by atoms with van der Waals surface area (Å²) in [6.45, 7) is 4.05. The van der Waals surface area contributed by atoms with Crippen molar-refractivity contribution in [3.8, 4) is 6.07 Å². The number of nitrogens with zero attached hydrogens (tertiary/aromatic N) is 1. The van der Waals surface area contributed by atoms with Crippen LogP contribution in [-0.4, -0.2) is 11.9 Å². The van der Waals surface area contributed by atoms with Crippen molar-refractivity contribution in [1.29, 1.82) is 5.26 Å². The molecule has 1 amide bonds. The highest BCUT2D eigenvalue weighted by molar-refractivity contribution is 6.31. The first-order valence-electron chi connectivity index (χ1n) is 8.91. The van der Waals surface area contributed by atoms with E-state index < -0.39 is 5.91 Å². The molecule has 25 heavy (non-hydrogen) atoms. The Kier molecular flexibility index (Phi) is 5.34. The zero-order valence-electron chi connectivity index (χ0n) is 14.7. The molecule has 4 unspecified atom stereocenters. The molecule has 0 radical (unpaired) electrons. The molecule has 2 bridgehead atoms. The number of benzene rings is 1. The number of nitriles is 1. The first kappa shape index (κ1) is 17.8. The third-order valence-corrected chi connectivity index (χ3v) is 6.13. The first-order valence-corrected chi connectivity index (χ1v) is 9.29. The molecule has 2 aliphatic rings. The number of hydrogen-bond acceptors (Lipinski definition) is 3. The molecule has 0 aromatic heterocycles. The number of amides is 1. The van der Waals surface area contributed by atoms with E-state index in [9.17, 15) is 10.1 Å². The number of nitrogens with one attached hydrogen (secondary N) is 2. The lowest BCUT2D eigenvalue weighted by Gasteiger charge is -2.28. The topological polar surface area (TPSA) is 64.9 Å². The quantitative estimate of drug-likeness (QED) is 0.606. The molecule has 1 aromatic carbocycles. The van der Waals surface area contributed by atoms with Gasteiger partial charge in [-0.15, -0.1) is 0 Å². The molecule has 0 heterocycles. The lowest BCUT2D eigenvalue weighted by Crippen LogP contribution is -2.33. The Bertz CT molecular complexity index is 737. The maximum Gasteiger partial charge on any atom is 0.267 e. The van der Waals surface area contributed by atoms with Gasteiger partial charge in [0.2, 0.25) is 0 Å². The second-order valence-electron chi connectivity index (χ2n) is 7.38. The minimum atomic E-state index is -0.421. The number of carbonyl (C=O) groups is 1. The van der Waals surface area contributed by atoms with Crippen LogP contribution >= 0.6 is 11.6 Å². The molecule has 132 valence electrons. The maximum atomic E-state index is 12.3. The first-order chi connectivity index (χ1) is 12.0. The second kappa shape index (κ2) is 7.49. The Morgan fingerprint density at radius 3 is 2.80 bits per heavy atom. The number of halogens is 1. The molecule has 2 N–H and O–H groups in total. The molecule has 2 aliphatic carbocycles. The van der Waals surface area contributed by atoms with E-state index in [4.69, 9.17) is 11.6 Å². The molecule has 2 saturated carbocycles. The van der Waals surface area contributed by atoms with Gasteiger partial charge in [0.1, 0.15) is 11.6 Å². The van der Waals surface area contributed by atoms with Crippen molar-refractivity contribution in [3.05, 3.63) is 40.6 Å². The van der Waals surface area contributed by atoms with Gasteiger partial charge in [-0.2, -0.15) is 5.26 Å².